The SMILES string of the molecule is CCOC(=O)C[C@@H](CCl)Oc1ccc(C(=O)c2cc(I)ccc2Cl)cc1. The molecule has 0 unspecified atom stereocenters. The van der Waals surface area contributed by atoms with Crippen LogP contribution in [0.5, 0.6) is 5.75 Å². The first-order chi connectivity index (χ1) is 12.4. The summed E-state index contributed by atoms with van der Waals surface area (Å²) in [6.45, 7) is 2.05. The third-order valence-corrected chi connectivity index (χ3v) is 4.81. The second-order valence-electron chi connectivity index (χ2n) is 5.38. The highest BCUT2D eigenvalue weighted by Crippen LogP contribution is 2.23. The number of benzene rings is 2. The van der Waals surface area contributed by atoms with Crippen LogP contribution >= 0.6 is 45.8 Å². The summed E-state index contributed by atoms with van der Waals surface area (Å²) >= 11 is 14.1. The average molecular weight is 507 g/mol. The largest absolute Gasteiger partial charge is 0.489 e. The third kappa shape index (κ3) is 5.86. The molecular formula is C19H17Cl2IO4. The van der Waals surface area contributed by atoms with Crippen LogP contribution in [0.1, 0.15) is 29.3 Å². The molecule has 0 spiro atoms. The molecule has 0 heterocycles. The monoisotopic (exact) mass is 506 g/mol. The van der Waals surface area contributed by atoms with Crippen molar-refractivity contribution in [2.45, 2.75) is 19.4 Å². The van der Waals surface area contributed by atoms with Crippen LogP contribution < -0.4 is 4.74 Å². The highest BCUT2D eigenvalue weighted by atomic mass is 127. The number of halogens is 3. The molecule has 0 radical (unpaired) electrons. The van der Waals surface area contributed by atoms with Gasteiger partial charge < -0.3 is 9.47 Å². The zero-order valence-corrected chi connectivity index (χ0v) is 17.7. The fourth-order valence-corrected chi connectivity index (χ4v) is 3.10. The summed E-state index contributed by atoms with van der Waals surface area (Å²) in [6, 6.07) is 11.9. The number of carbonyl (C=O) groups excluding carboxylic acids is 2. The number of rotatable bonds is 8. The van der Waals surface area contributed by atoms with Gasteiger partial charge in [-0.25, -0.2) is 0 Å². The summed E-state index contributed by atoms with van der Waals surface area (Å²) in [5.41, 5.74) is 0.947. The molecule has 0 saturated heterocycles. The van der Waals surface area contributed by atoms with E-state index in [1.54, 1.807) is 43.3 Å². The quantitative estimate of drug-likeness (QED) is 0.216. The molecule has 7 heteroatoms. The molecule has 0 N–H and O–H groups in total. The predicted octanol–water partition coefficient (Wildman–Crippen LogP) is 5.12. The van der Waals surface area contributed by atoms with E-state index in [0.29, 0.717) is 28.5 Å². The van der Waals surface area contributed by atoms with E-state index in [1.807, 2.05) is 6.07 Å². The minimum Gasteiger partial charge on any atom is -0.489 e. The Labute approximate surface area is 175 Å². The molecular weight excluding hydrogens is 490 g/mol. The van der Waals surface area contributed by atoms with Crippen molar-refractivity contribution < 1.29 is 19.1 Å². The zero-order chi connectivity index (χ0) is 19.1. The third-order valence-electron chi connectivity index (χ3n) is 3.46. The molecule has 26 heavy (non-hydrogen) atoms. The Kier molecular flexibility index (Phi) is 8.18. The lowest BCUT2D eigenvalue weighted by atomic mass is 10.0. The predicted molar refractivity (Wildman–Crippen MR) is 110 cm³/mol. The van der Waals surface area contributed by atoms with Crippen LogP contribution in [-0.2, 0) is 9.53 Å². The van der Waals surface area contributed by atoms with E-state index < -0.39 is 6.10 Å². The molecule has 138 valence electrons. The highest BCUT2D eigenvalue weighted by Gasteiger charge is 2.17. The van der Waals surface area contributed by atoms with Gasteiger partial charge in [-0.1, -0.05) is 11.6 Å². The van der Waals surface area contributed by atoms with Gasteiger partial charge in [-0.3, -0.25) is 9.59 Å². The van der Waals surface area contributed by atoms with Crippen molar-refractivity contribution in [1.29, 1.82) is 0 Å². The van der Waals surface area contributed by atoms with Crippen LogP contribution in [0, 0.1) is 3.57 Å². The molecule has 2 aromatic rings. The number of ketones is 1. The fraction of sp³-hybridized carbons (Fsp3) is 0.263. The Balaban J connectivity index is 2.08. The molecule has 0 saturated carbocycles. The Morgan fingerprint density at radius 3 is 2.46 bits per heavy atom. The molecule has 0 aromatic heterocycles. The van der Waals surface area contributed by atoms with Crippen molar-refractivity contribution in [3.63, 3.8) is 0 Å². The van der Waals surface area contributed by atoms with Crippen LogP contribution in [-0.4, -0.2) is 30.3 Å². The van der Waals surface area contributed by atoms with Gasteiger partial charge in [0.25, 0.3) is 0 Å². The lowest BCUT2D eigenvalue weighted by Gasteiger charge is -2.16. The fourth-order valence-electron chi connectivity index (χ4n) is 2.24. The number of ether oxygens (including phenoxy) is 2. The van der Waals surface area contributed by atoms with Crippen molar-refractivity contribution >= 4 is 57.5 Å². The first-order valence-corrected chi connectivity index (χ1v) is 9.91. The number of hydrogen-bond acceptors (Lipinski definition) is 4. The second-order valence-corrected chi connectivity index (χ2v) is 7.34. The average Bonchev–Trinajstić information content (AvgIpc) is 2.63. The summed E-state index contributed by atoms with van der Waals surface area (Å²) in [5, 5.41) is 0.410. The highest BCUT2D eigenvalue weighted by molar-refractivity contribution is 14.1. The minimum absolute atomic E-state index is 0.0656. The Bertz CT molecular complexity index is 778. The molecule has 0 fully saturated rings. The normalized spacial score (nSPS) is 11.7. The van der Waals surface area contributed by atoms with Gasteiger partial charge in [0.2, 0.25) is 0 Å². The van der Waals surface area contributed by atoms with E-state index in [-0.39, 0.29) is 24.1 Å². The van der Waals surface area contributed by atoms with E-state index >= 15 is 0 Å². The summed E-state index contributed by atoms with van der Waals surface area (Å²) < 4.78 is 11.5. The molecule has 4 nitrogen and oxygen atoms in total. The van der Waals surface area contributed by atoms with Crippen LogP contribution in [0.25, 0.3) is 0 Å². The van der Waals surface area contributed by atoms with Crippen LogP contribution in [0.4, 0.5) is 0 Å². The number of esters is 1. The number of carbonyl (C=O) groups is 2. The Morgan fingerprint density at radius 2 is 1.85 bits per heavy atom. The smallest absolute Gasteiger partial charge is 0.309 e. The van der Waals surface area contributed by atoms with E-state index in [9.17, 15) is 9.59 Å². The first-order valence-electron chi connectivity index (χ1n) is 7.92. The van der Waals surface area contributed by atoms with Crippen molar-refractivity contribution in [3.05, 3.63) is 62.2 Å². The summed E-state index contributed by atoms with van der Waals surface area (Å²) in [4.78, 5) is 24.2. The molecule has 0 bridgehead atoms. The van der Waals surface area contributed by atoms with Gasteiger partial charge >= 0.3 is 5.97 Å². The maximum Gasteiger partial charge on any atom is 0.309 e. The summed E-state index contributed by atoms with van der Waals surface area (Å²) in [5.74, 6) is 0.140. The maximum absolute atomic E-state index is 12.6. The maximum atomic E-state index is 12.6. The van der Waals surface area contributed by atoms with Crippen molar-refractivity contribution in [1.82, 2.24) is 0 Å². The first kappa shape index (κ1) is 21.0. The minimum atomic E-state index is -0.498. The molecule has 0 aliphatic carbocycles. The van der Waals surface area contributed by atoms with Gasteiger partial charge in [-0.15, -0.1) is 11.6 Å². The van der Waals surface area contributed by atoms with Gasteiger partial charge in [0.15, 0.2) is 5.78 Å². The lowest BCUT2D eigenvalue weighted by Crippen LogP contribution is -2.23. The van der Waals surface area contributed by atoms with Crippen molar-refractivity contribution in [2.75, 3.05) is 12.5 Å². The summed E-state index contributed by atoms with van der Waals surface area (Å²) in [7, 11) is 0. The molecule has 0 aliphatic heterocycles. The Hall–Kier alpha value is -1.31. The van der Waals surface area contributed by atoms with Crippen LogP contribution in [0.15, 0.2) is 42.5 Å². The van der Waals surface area contributed by atoms with Crippen molar-refractivity contribution in [2.24, 2.45) is 0 Å². The van der Waals surface area contributed by atoms with Gasteiger partial charge in [-0.05, 0) is 72.0 Å². The topological polar surface area (TPSA) is 52.6 Å². The van der Waals surface area contributed by atoms with Crippen molar-refractivity contribution in [3.8, 4) is 5.75 Å². The van der Waals surface area contributed by atoms with E-state index in [4.69, 9.17) is 32.7 Å². The van der Waals surface area contributed by atoms with Crippen LogP contribution in [0.3, 0.4) is 0 Å². The van der Waals surface area contributed by atoms with E-state index in [2.05, 4.69) is 22.6 Å². The van der Waals surface area contributed by atoms with E-state index in [1.165, 1.54) is 0 Å². The molecule has 0 amide bonds. The summed E-state index contributed by atoms with van der Waals surface area (Å²) in [6.07, 6.45) is -0.432. The van der Waals surface area contributed by atoms with Gasteiger partial charge in [-0.2, -0.15) is 0 Å². The van der Waals surface area contributed by atoms with Gasteiger partial charge in [0.1, 0.15) is 11.9 Å². The zero-order valence-electron chi connectivity index (χ0n) is 14.0. The molecule has 0 aliphatic rings. The number of alkyl halides is 1. The number of hydrogen-bond donors (Lipinski definition) is 0. The van der Waals surface area contributed by atoms with Crippen LogP contribution in [0.2, 0.25) is 5.02 Å². The molecule has 2 aromatic carbocycles. The standard InChI is InChI=1S/C19H17Cl2IO4/c1-2-25-18(23)10-15(11-20)26-14-6-3-12(4-7-14)19(24)16-9-13(22)5-8-17(16)21/h3-9,15H,2,10-11H2,1H3/t15-/m0/s1. The second kappa shape index (κ2) is 10.1. The molecule has 2 rings (SSSR count). The van der Waals surface area contributed by atoms with Gasteiger partial charge in [0, 0.05) is 14.7 Å². The Morgan fingerprint density at radius 1 is 1.15 bits per heavy atom. The molecule has 1 atom stereocenters. The lowest BCUT2D eigenvalue weighted by molar-refractivity contribution is -0.144. The van der Waals surface area contributed by atoms with Gasteiger partial charge in [0.05, 0.1) is 23.9 Å². The van der Waals surface area contributed by atoms with E-state index in [0.717, 1.165) is 3.57 Å².